The molecule has 26 nitrogen and oxygen atoms in total. The summed E-state index contributed by atoms with van der Waals surface area (Å²) in [4.78, 5) is 167. The van der Waals surface area contributed by atoms with Gasteiger partial charge in [-0.3, -0.25) is 72.3 Å². The molecule has 9 heterocycles. The second kappa shape index (κ2) is 35.0. The molecule has 9 aromatic rings. The van der Waals surface area contributed by atoms with Crippen LogP contribution in [0.5, 0.6) is 23.0 Å². The zero-order chi connectivity index (χ0) is 81.8. The number of carbonyl (C=O) groups excluding carboxylic acids is 12. The molecule has 3 aromatic heterocycles. The van der Waals surface area contributed by atoms with E-state index in [2.05, 4.69) is 45.4 Å². The number of furan rings is 1. The van der Waals surface area contributed by atoms with Crippen molar-refractivity contribution in [2.24, 2.45) is 0 Å². The number of amides is 4. The number of carbonyl (C=O) groups is 12. The molecule has 4 amide bonds. The molecule has 5 fully saturated rings. The van der Waals surface area contributed by atoms with E-state index in [0.717, 1.165) is 112 Å². The van der Waals surface area contributed by atoms with Crippen LogP contribution in [-0.4, -0.2) is 167 Å². The second-order valence-corrected chi connectivity index (χ2v) is 32.3. The molecule has 1 saturated heterocycles. The number of fused-ring (bicyclic) bond motifs is 6. The van der Waals surface area contributed by atoms with Gasteiger partial charge < -0.3 is 47.7 Å². The number of para-hydroxylation sites is 1. The van der Waals surface area contributed by atoms with E-state index < -0.39 is 24.2 Å². The lowest BCUT2D eigenvalue weighted by molar-refractivity contribution is -0.134. The molecule has 118 heavy (non-hydrogen) atoms. The van der Waals surface area contributed by atoms with Crippen molar-refractivity contribution >= 4 is 92.2 Å². The number of aromatic nitrogens is 2. The first-order valence-electron chi connectivity index (χ1n) is 40.0. The van der Waals surface area contributed by atoms with Crippen molar-refractivity contribution in [2.75, 3.05) is 33.4 Å². The first-order valence-corrected chi connectivity index (χ1v) is 40.9. The quantitative estimate of drug-likeness (QED) is 0.0721. The smallest absolute Gasteiger partial charge is 0.255 e. The summed E-state index contributed by atoms with van der Waals surface area (Å²) in [6, 6.07) is 39.4. The molecule has 4 saturated carbocycles. The molecular weight excluding hydrogens is 1530 g/mol. The number of hydrogen-bond acceptors (Lipinski definition) is 23. The van der Waals surface area contributed by atoms with Gasteiger partial charge in [0, 0.05) is 125 Å². The molecule has 6 aliphatic heterocycles. The van der Waals surface area contributed by atoms with Gasteiger partial charge >= 0.3 is 0 Å². The Bertz CT molecular complexity index is 5520. The van der Waals surface area contributed by atoms with Crippen LogP contribution in [0.3, 0.4) is 0 Å². The van der Waals surface area contributed by atoms with Crippen molar-refractivity contribution in [1.82, 2.24) is 39.4 Å². The molecule has 0 radical (unpaired) electrons. The Hall–Kier alpha value is -12.0. The van der Waals surface area contributed by atoms with Crippen molar-refractivity contribution < 1.29 is 85.6 Å². The monoisotopic (exact) mass is 1610 g/mol. The van der Waals surface area contributed by atoms with E-state index in [1.165, 1.54) is 11.1 Å². The zero-order valence-electron chi connectivity index (χ0n) is 65.6. The number of Topliss-reactive ketones (excluding diaryl/α,β-unsaturated/α-hetero) is 8. The third kappa shape index (κ3) is 17.2. The minimum absolute atomic E-state index is 0.0371. The predicted octanol–water partition coefficient (Wildman–Crippen LogP) is 11.3. The molecule has 27 heteroatoms. The lowest BCUT2D eigenvalue weighted by Gasteiger charge is -2.29. The summed E-state index contributed by atoms with van der Waals surface area (Å²) >= 11 is 1.57. The number of hydrogen-bond donors (Lipinski definition) is 0. The molecule has 0 N–H and O–H groups in total. The number of benzene rings is 6. The maximum Gasteiger partial charge on any atom is 0.255 e. The highest BCUT2D eigenvalue weighted by atomic mass is 32.1. The van der Waals surface area contributed by atoms with Crippen molar-refractivity contribution in [3.63, 3.8) is 0 Å². The van der Waals surface area contributed by atoms with Crippen LogP contribution in [0.25, 0.3) is 11.0 Å². The molecule has 4 atom stereocenters. The molecule has 4 unspecified atom stereocenters. The fourth-order valence-corrected chi connectivity index (χ4v) is 17.9. The van der Waals surface area contributed by atoms with E-state index >= 15 is 0 Å². The van der Waals surface area contributed by atoms with E-state index in [4.69, 9.17) is 33.1 Å². The van der Waals surface area contributed by atoms with Crippen LogP contribution < -0.4 is 18.9 Å². The summed E-state index contributed by atoms with van der Waals surface area (Å²) in [6.45, 7) is 10.7. The van der Waals surface area contributed by atoms with E-state index in [9.17, 15) is 57.5 Å². The molecule has 19 rings (SSSR count). The molecule has 6 aromatic carbocycles. The average Bonchev–Trinajstić information content (AvgIpc) is 1.65. The van der Waals surface area contributed by atoms with Crippen molar-refractivity contribution in [3.05, 3.63) is 234 Å². The predicted molar refractivity (Wildman–Crippen MR) is 428 cm³/mol. The Labute approximate surface area is 684 Å². The number of ether oxygens (including phenoxy) is 5. The SMILES string of the molecule is CN1Cc2ccc(COc3cccc4c3CN(C3CCC(=O)CC3=O)C4=O)cc2C1.Cc1c(COc2cccc3c2CN(C2CCC(=O)CC2=O)C3=O)oc2ccccc12.O=C1CCC(N2Cc3c(OCc4ccccn4)cccc3C2=O)C(=O)C1.O=C1CCC(N2Cc3c(OCc4nc(CN5CCOCC5)cs4)cccc3C2=O)C(=O)C1. The van der Waals surface area contributed by atoms with Gasteiger partial charge in [-0.1, -0.05) is 66.7 Å². The molecule has 10 aliphatic rings. The number of thiazole rings is 1. The van der Waals surface area contributed by atoms with Crippen LogP contribution in [0.1, 0.15) is 185 Å². The summed E-state index contributed by atoms with van der Waals surface area (Å²) in [5, 5.41) is 4.00. The maximum atomic E-state index is 13.0. The number of nitrogens with zero attached hydrogens (tertiary/aromatic N) is 8. The fraction of sp³-hybridized carbons (Fsp3) is 0.363. The lowest BCUT2D eigenvalue weighted by atomic mass is 9.92. The summed E-state index contributed by atoms with van der Waals surface area (Å²) < 4.78 is 35.4. The normalized spacial score (nSPS) is 20.4. The highest BCUT2D eigenvalue weighted by molar-refractivity contribution is 7.09. The number of pyridine rings is 1. The van der Waals surface area contributed by atoms with Crippen LogP contribution in [0.2, 0.25) is 0 Å². The summed E-state index contributed by atoms with van der Waals surface area (Å²) in [6.07, 6.45) is 4.40. The number of rotatable bonds is 18. The molecule has 606 valence electrons. The standard InChI is InChI=1S/C24H24N2O4.C24H21NO5.C23H25N3O5S.C20H18N2O4/c1-25-11-16-6-5-15(9-17(16)12-25)14-30-23-4-2-3-19-20(23)13-26(24(19)29)21-8-7-18(27)10-22(21)28;1-14-16-5-2-3-7-22(16)30-23(14)13-29-21-8-4-6-17-18(21)12-25(24(17)28)19-10-9-15(26)11-20(19)27;27-16-4-5-19(20(28)10-16)26-12-18-17(23(26)29)2-1-3-21(18)31-13-22-24-15(14-32-22)11-25-6-8-30-9-7-25;23-14-7-8-17(18(24)10-14)22-11-16-15(20(22)25)5-3-6-19(16)26-12-13-4-1-2-9-21-13/h2-6,9,21H,7-8,10-14H2,1H3;2-8,19H,9-13H2,1H3;1-3,14,19H,4-13H2;1-6,9,17H,7-8,10-12H2. The fourth-order valence-electron chi connectivity index (χ4n) is 17.2. The van der Waals surface area contributed by atoms with Gasteiger partial charge in [-0.05, 0) is 123 Å². The van der Waals surface area contributed by atoms with Crippen LogP contribution in [-0.2, 0) is 115 Å². The van der Waals surface area contributed by atoms with Gasteiger partial charge in [0.1, 0.15) is 88.9 Å². The minimum atomic E-state index is -0.534. The molecule has 0 bridgehead atoms. The van der Waals surface area contributed by atoms with Crippen LogP contribution in [0.4, 0.5) is 0 Å². The summed E-state index contributed by atoms with van der Waals surface area (Å²) in [7, 11) is 2.11. The van der Waals surface area contributed by atoms with Gasteiger partial charge in [-0.15, -0.1) is 11.3 Å². The number of ketones is 8. The van der Waals surface area contributed by atoms with Crippen molar-refractivity contribution in [2.45, 2.75) is 180 Å². The Kier molecular flexibility index (Phi) is 23.7. The summed E-state index contributed by atoms with van der Waals surface area (Å²) in [5.74, 6) is 1.80. The number of aryl methyl sites for hydroxylation is 1. The third-order valence-corrected chi connectivity index (χ3v) is 24.3. The van der Waals surface area contributed by atoms with Crippen molar-refractivity contribution in [1.29, 1.82) is 0 Å². The van der Waals surface area contributed by atoms with E-state index in [1.54, 1.807) is 79.6 Å². The van der Waals surface area contributed by atoms with Crippen LogP contribution in [0.15, 0.2) is 149 Å². The average molecular weight is 1610 g/mol. The van der Waals surface area contributed by atoms with Gasteiger partial charge in [0.2, 0.25) is 0 Å². The van der Waals surface area contributed by atoms with Crippen molar-refractivity contribution in [3.8, 4) is 23.0 Å². The minimum Gasteiger partial charge on any atom is -0.489 e. The molecule has 0 spiro atoms. The molecule has 4 aliphatic carbocycles. The summed E-state index contributed by atoms with van der Waals surface area (Å²) in [5.41, 5.74) is 12.9. The number of morpholine rings is 1. The topological polar surface area (TPSA) is 309 Å². The van der Waals surface area contributed by atoms with Crippen LogP contribution in [0, 0.1) is 6.92 Å². The first kappa shape index (κ1) is 79.8. The van der Waals surface area contributed by atoms with Gasteiger partial charge in [0.25, 0.3) is 23.6 Å². The highest BCUT2D eigenvalue weighted by Gasteiger charge is 2.45. The second-order valence-electron chi connectivity index (χ2n) is 31.3. The maximum absolute atomic E-state index is 13.0. The Morgan fingerprint density at radius 1 is 0.441 bits per heavy atom. The van der Waals surface area contributed by atoms with Gasteiger partial charge in [-0.2, -0.15) is 0 Å². The largest absolute Gasteiger partial charge is 0.489 e. The van der Waals surface area contributed by atoms with E-state index in [1.807, 2.05) is 79.7 Å². The van der Waals surface area contributed by atoms with Crippen LogP contribution >= 0.6 is 11.3 Å². The molecular formula is C91H88N8O18S. The zero-order valence-corrected chi connectivity index (χ0v) is 66.4. The highest BCUT2D eigenvalue weighted by Crippen LogP contribution is 2.41. The van der Waals surface area contributed by atoms with E-state index in [-0.39, 0.29) is 102 Å². The first-order chi connectivity index (χ1) is 57.2. The third-order valence-electron chi connectivity index (χ3n) is 23.5. The van der Waals surface area contributed by atoms with Gasteiger partial charge in [0.15, 0.2) is 23.1 Å². The Morgan fingerprint density at radius 2 is 0.873 bits per heavy atom. The van der Waals surface area contributed by atoms with Gasteiger partial charge in [-0.25, -0.2) is 4.98 Å². The lowest BCUT2D eigenvalue weighted by Crippen LogP contribution is -2.44. The van der Waals surface area contributed by atoms with E-state index in [0.29, 0.717) is 143 Å². The van der Waals surface area contributed by atoms with Gasteiger partial charge in [0.05, 0.1) is 101 Å². The Balaban J connectivity index is 0.000000118. The Morgan fingerprint density at radius 3 is 1.32 bits per heavy atom.